The predicted molar refractivity (Wildman–Crippen MR) is 142 cm³/mol. The zero-order valence-corrected chi connectivity index (χ0v) is 21.1. The van der Waals surface area contributed by atoms with Gasteiger partial charge in [0.25, 0.3) is 5.56 Å². The number of nitrogens with zero attached hydrogens (tertiary/aromatic N) is 3. The molecule has 0 spiro atoms. The number of amides is 2. The molecule has 2 aromatic carbocycles. The number of rotatable bonds is 8. The third-order valence-corrected chi connectivity index (χ3v) is 5.50. The van der Waals surface area contributed by atoms with Gasteiger partial charge < -0.3 is 26.2 Å². The van der Waals surface area contributed by atoms with Crippen LogP contribution >= 0.6 is 0 Å². The normalized spacial score (nSPS) is 11.1. The fourth-order valence-corrected chi connectivity index (χ4v) is 3.96. The summed E-state index contributed by atoms with van der Waals surface area (Å²) in [7, 11) is 0. The molecular weight excluding hydrogens is 474 g/mol. The van der Waals surface area contributed by atoms with Crippen molar-refractivity contribution in [3.8, 4) is 11.3 Å². The Kier molecular flexibility index (Phi) is 7.23. The molecule has 0 aliphatic carbocycles. The summed E-state index contributed by atoms with van der Waals surface area (Å²) < 4.78 is 6.68. The SMILES string of the molecule is CC(=O)Nc1noc2cc(CNC(=O)Cn3c(-c4cc(C)cc(N)c4)cnc(NC(C)C)c3=O)ccc12. The minimum Gasteiger partial charge on any atom is -0.399 e. The van der Waals surface area contributed by atoms with E-state index in [1.807, 2.05) is 32.9 Å². The number of nitrogens with one attached hydrogen (secondary N) is 3. The monoisotopic (exact) mass is 503 g/mol. The molecule has 0 bridgehead atoms. The molecule has 4 rings (SSSR count). The number of carbonyl (C=O) groups is 2. The van der Waals surface area contributed by atoms with E-state index >= 15 is 0 Å². The Morgan fingerprint density at radius 3 is 2.62 bits per heavy atom. The average molecular weight is 504 g/mol. The Balaban J connectivity index is 1.57. The summed E-state index contributed by atoms with van der Waals surface area (Å²) in [6.45, 7) is 7.08. The number of fused-ring (bicyclic) bond motifs is 1. The maximum atomic E-state index is 13.3. The maximum Gasteiger partial charge on any atom is 0.294 e. The summed E-state index contributed by atoms with van der Waals surface area (Å²) in [6, 6.07) is 10.7. The first-order valence-corrected chi connectivity index (χ1v) is 11.8. The van der Waals surface area contributed by atoms with Gasteiger partial charge in [0.05, 0.1) is 17.3 Å². The van der Waals surface area contributed by atoms with Crippen LogP contribution in [0.4, 0.5) is 17.3 Å². The minimum atomic E-state index is -0.407. The average Bonchev–Trinajstić information content (AvgIpc) is 3.20. The summed E-state index contributed by atoms with van der Waals surface area (Å²) in [5.41, 5.74) is 9.51. The highest BCUT2D eigenvalue weighted by atomic mass is 16.5. The van der Waals surface area contributed by atoms with Gasteiger partial charge in [-0.25, -0.2) is 4.98 Å². The van der Waals surface area contributed by atoms with Gasteiger partial charge in [0, 0.05) is 30.8 Å². The number of hydrogen-bond acceptors (Lipinski definition) is 8. The molecule has 37 heavy (non-hydrogen) atoms. The van der Waals surface area contributed by atoms with Crippen molar-refractivity contribution in [2.45, 2.75) is 46.8 Å². The zero-order valence-electron chi connectivity index (χ0n) is 21.1. The van der Waals surface area contributed by atoms with Crippen molar-refractivity contribution in [3.63, 3.8) is 0 Å². The Bertz CT molecular complexity index is 1520. The van der Waals surface area contributed by atoms with Crippen molar-refractivity contribution in [2.75, 3.05) is 16.4 Å². The number of hydrogen-bond donors (Lipinski definition) is 4. The van der Waals surface area contributed by atoms with Crippen LogP contribution in [0.3, 0.4) is 0 Å². The van der Waals surface area contributed by atoms with Crippen molar-refractivity contribution in [1.82, 2.24) is 20.0 Å². The topological polar surface area (TPSA) is 157 Å². The van der Waals surface area contributed by atoms with Gasteiger partial charge in [-0.1, -0.05) is 11.2 Å². The van der Waals surface area contributed by atoms with Crippen LogP contribution < -0.4 is 27.2 Å². The molecule has 192 valence electrons. The lowest BCUT2D eigenvalue weighted by Crippen LogP contribution is -2.35. The Labute approximate surface area is 213 Å². The molecule has 4 aromatic rings. The highest BCUT2D eigenvalue weighted by molar-refractivity contribution is 5.98. The predicted octanol–water partition coefficient (Wildman–Crippen LogP) is 3.04. The summed E-state index contributed by atoms with van der Waals surface area (Å²) in [6.07, 6.45) is 1.57. The van der Waals surface area contributed by atoms with E-state index in [0.717, 1.165) is 11.1 Å². The summed E-state index contributed by atoms with van der Waals surface area (Å²) in [5.74, 6) is -0.108. The summed E-state index contributed by atoms with van der Waals surface area (Å²) >= 11 is 0. The number of nitrogens with two attached hydrogens (primary N) is 1. The van der Waals surface area contributed by atoms with Crippen molar-refractivity contribution in [2.24, 2.45) is 0 Å². The quantitative estimate of drug-likeness (QED) is 0.267. The first-order chi connectivity index (χ1) is 17.6. The van der Waals surface area contributed by atoms with Gasteiger partial charge in [0.1, 0.15) is 6.54 Å². The molecule has 0 aliphatic rings. The van der Waals surface area contributed by atoms with Crippen molar-refractivity contribution in [3.05, 3.63) is 64.1 Å². The Hall–Kier alpha value is -4.67. The Morgan fingerprint density at radius 2 is 1.92 bits per heavy atom. The molecule has 0 aliphatic heterocycles. The molecule has 2 aromatic heterocycles. The van der Waals surface area contributed by atoms with Gasteiger partial charge in [-0.15, -0.1) is 0 Å². The van der Waals surface area contributed by atoms with Crippen LogP contribution in [0.2, 0.25) is 0 Å². The van der Waals surface area contributed by atoms with Crippen molar-refractivity contribution >= 4 is 40.1 Å². The second-order valence-electron chi connectivity index (χ2n) is 9.13. The molecule has 2 heterocycles. The van der Waals surface area contributed by atoms with Crippen LogP contribution in [0.5, 0.6) is 0 Å². The van der Waals surface area contributed by atoms with E-state index in [4.69, 9.17) is 10.3 Å². The lowest BCUT2D eigenvalue weighted by atomic mass is 10.1. The van der Waals surface area contributed by atoms with Crippen molar-refractivity contribution < 1.29 is 14.1 Å². The highest BCUT2D eigenvalue weighted by Crippen LogP contribution is 2.24. The van der Waals surface area contributed by atoms with Crippen molar-refractivity contribution in [1.29, 1.82) is 0 Å². The number of aromatic nitrogens is 3. The third kappa shape index (κ3) is 5.95. The standard InChI is InChI=1S/C26H29N7O4/c1-14(2)30-25-26(36)33(21(12-29-25)18-7-15(3)8-19(27)10-18)13-23(35)28-11-17-5-6-20-22(9-17)37-32-24(20)31-16(4)34/h5-10,12,14H,11,13,27H2,1-4H3,(H,28,35)(H,29,30)(H,31,32,34). The molecule has 0 radical (unpaired) electrons. The number of aryl methyl sites for hydroxylation is 1. The zero-order chi connectivity index (χ0) is 26.7. The Morgan fingerprint density at radius 1 is 1.14 bits per heavy atom. The molecule has 2 amide bonds. The second kappa shape index (κ2) is 10.5. The first kappa shape index (κ1) is 25.4. The van der Waals surface area contributed by atoms with E-state index in [0.29, 0.717) is 33.7 Å². The van der Waals surface area contributed by atoms with Crippen LogP contribution in [-0.4, -0.2) is 32.6 Å². The van der Waals surface area contributed by atoms with Crippen LogP contribution in [-0.2, 0) is 22.7 Å². The largest absolute Gasteiger partial charge is 0.399 e. The second-order valence-corrected chi connectivity index (χ2v) is 9.13. The summed E-state index contributed by atoms with van der Waals surface area (Å²) in [5, 5.41) is 13.0. The fraction of sp³-hybridized carbons (Fsp3) is 0.269. The number of benzene rings is 2. The van der Waals surface area contributed by atoms with Crippen LogP contribution in [0.1, 0.15) is 31.9 Å². The lowest BCUT2D eigenvalue weighted by Gasteiger charge is -2.16. The van der Waals surface area contributed by atoms with Crippen LogP contribution in [0, 0.1) is 6.92 Å². The third-order valence-electron chi connectivity index (χ3n) is 5.50. The molecule has 0 atom stereocenters. The molecule has 0 saturated heterocycles. The van der Waals surface area contributed by atoms with Gasteiger partial charge in [-0.2, -0.15) is 0 Å². The number of carbonyl (C=O) groups excluding carboxylic acids is 2. The molecule has 0 unspecified atom stereocenters. The van der Waals surface area contributed by atoms with Gasteiger partial charge in [-0.05, 0) is 62.2 Å². The van der Waals surface area contributed by atoms with E-state index in [1.165, 1.54) is 11.5 Å². The molecule has 0 saturated carbocycles. The first-order valence-electron chi connectivity index (χ1n) is 11.8. The van der Waals surface area contributed by atoms with Gasteiger partial charge in [-0.3, -0.25) is 19.0 Å². The van der Waals surface area contributed by atoms with Crippen LogP contribution in [0.25, 0.3) is 22.2 Å². The minimum absolute atomic E-state index is 0.0138. The van der Waals surface area contributed by atoms with E-state index in [1.54, 1.807) is 30.5 Å². The highest BCUT2D eigenvalue weighted by Gasteiger charge is 2.17. The molecule has 11 nitrogen and oxygen atoms in total. The number of nitrogen functional groups attached to an aromatic ring is 1. The molecule has 11 heteroatoms. The molecule has 0 fully saturated rings. The lowest BCUT2D eigenvalue weighted by molar-refractivity contribution is -0.121. The van der Waals surface area contributed by atoms with E-state index in [2.05, 4.69) is 26.1 Å². The van der Waals surface area contributed by atoms with E-state index in [-0.39, 0.29) is 36.8 Å². The van der Waals surface area contributed by atoms with Gasteiger partial charge >= 0.3 is 0 Å². The van der Waals surface area contributed by atoms with Gasteiger partial charge in [0.15, 0.2) is 17.2 Å². The molecule has 5 N–H and O–H groups in total. The molecular formula is C26H29N7O4. The van der Waals surface area contributed by atoms with E-state index < -0.39 is 5.56 Å². The van der Waals surface area contributed by atoms with E-state index in [9.17, 15) is 14.4 Å². The maximum absolute atomic E-state index is 13.3. The fourth-order valence-electron chi connectivity index (χ4n) is 3.96. The van der Waals surface area contributed by atoms with Gasteiger partial charge in [0.2, 0.25) is 11.8 Å². The smallest absolute Gasteiger partial charge is 0.294 e. The number of anilines is 3. The van der Waals surface area contributed by atoms with Crippen LogP contribution in [0.15, 0.2) is 51.9 Å². The summed E-state index contributed by atoms with van der Waals surface area (Å²) in [4.78, 5) is 41.9.